The molecule has 1 aliphatic rings. The van der Waals surface area contributed by atoms with Crippen LogP contribution in [0.25, 0.3) is 0 Å². The fourth-order valence-corrected chi connectivity index (χ4v) is 4.41. The number of carbonyl (C=O) groups excluding carboxylic acids is 2. The van der Waals surface area contributed by atoms with E-state index in [0.29, 0.717) is 12.4 Å². The number of ether oxygens (including phenoxy) is 2. The fraction of sp³-hybridized carbons (Fsp3) is 0.370. The van der Waals surface area contributed by atoms with Gasteiger partial charge in [0, 0.05) is 12.1 Å². The van der Waals surface area contributed by atoms with Crippen LogP contribution in [0.4, 0.5) is 10.6 Å². The van der Waals surface area contributed by atoms with E-state index in [1.54, 1.807) is 12.0 Å². The van der Waals surface area contributed by atoms with Crippen LogP contribution in [0, 0.1) is 0 Å². The molecule has 0 saturated heterocycles. The van der Waals surface area contributed by atoms with Gasteiger partial charge in [-0.05, 0) is 51.2 Å². The molecule has 2 N–H and O–H groups in total. The Labute approximate surface area is 211 Å². The fourth-order valence-electron chi connectivity index (χ4n) is 4.41. The first-order valence-corrected chi connectivity index (χ1v) is 11.9. The Morgan fingerprint density at radius 3 is 2.47 bits per heavy atom. The summed E-state index contributed by atoms with van der Waals surface area (Å²) in [5.41, 5.74) is 2.67. The van der Waals surface area contributed by atoms with Gasteiger partial charge in [-0.25, -0.2) is 4.79 Å². The van der Waals surface area contributed by atoms with E-state index in [1.165, 1.54) is 0 Å². The number of carbonyl (C=O) groups is 2. The van der Waals surface area contributed by atoms with Crippen LogP contribution in [0.5, 0.6) is 5.75 Å². The molecule has 1 aliphatic heterocycles. The molecular weight excluding hydrogens is 458 g/mol. The third-order valence-corrected chi connectivity index (χ3v) is 6.42. The summed E-state index contributed by atoms with van der Waals surface area (Å²) >= 11 is 0. The molecule has 0 aliphatic carbocycles. The number of H-pyrrole nitrogens is 1. The Morgan fingerprint density at radius 2 is 1.83 bits per heavy atom. The number of nitrogens with one attached hydrogen (secondary N) is 2. The highest BCUT2D eigenvalue weighted by Crippen LogP contribution is 2.41. The first-order chi connectivity index (χ1) is 17.2. The average molecular weight is 492 g/mol. The SMILES string of the molecule is COc1ccc(CC(=O)Nc2n[nH]c3c2CN(C(=O)O[C@H](CN(C)C)c2ccccc2)C3(C)C)cc1. The average Bonchev–Trinajstić information content (AvgIpc) is 3.37. The number of anilines is 1. The molecule has 3 aromatic rings. The molecular formula is C27H33N5O4. The smallest absolute Gasteiger partial charge is 0.411 e. The number of nitrogens with zero attached hydrogens (tertiary/aromatic N) is 3. The lowest BCUT2D eigenvalue weighted by molar-refractivity contribution is -0.115. The minimum absolute atomic E-state index is 0.191. The quantitative estimate of drug-likeness (QED) is 0.492. The minimum Gasteiger partial charge on any atom is -0.497 e. The molecule has 0 saturated carbocycles. The molecule has 2 amide bonds. The standard InChI is InChI=1S/C27H33N5O4/c1-27(2)24-21(25(30-29-24)28-23(33)15-18-11-13-20(35-5)14-12-18)16-32(27)26(34)36-22(17-31(3)4)19-9-7-6-8-10-19/h6-14,22H,15-17H2,1-5H3,(H2,28,29,30,33)/t22-/m1/s1. The van der Waals surface area contributed by atoms with E-state index >= 15 is 0 Å². The van der Waals surface area contributed by atoms with E-state index in [4.69, 9.17) is 9.47 Å². The molecule has 9 heteroatoms. The lowest BCUT2D eigenvalue weighted by atomic mass is 10.0. The number of amides is 2. The number of rotatable bonds is 8. The highest BCUT2D eigenvalue weighted by atomic mass is 16.6. The summed E-state index contributed by atoms with van der Waals surface area (Å²) in [6, 6.07) is 17.1. The Morgan fingerprint density at radius 1 is 1.14 bits per heavy atom. The van der Waals surface area contributed by atoms with Crippen LogP contribution < -0.4 is 10.1 Å². The van der Waals surface area contributed by atoms with Crippen LogP contribution in [0.2, 0.25) is 0 Å². The van der Waals surface area contributed by atoms with E-state index in [1.807, 2.05) is 87.4 Å². The molecule has 0 spiro atoms. The second-order valence-electron chi connectivity index (χ2n) is 9.69. The van der Waals surface area contributed by atoms with Gasteiger partial charge in [-0.15, -0.1) is 0 Å². The van der Waals surface area contributed by atoms with Crippen molar-refractivity contribution in [2.24, 2.45) is 0 Å². The zero-order chi connectivity index (χ0) is 25.9. The van der Waals surface area contributed by atoms with Crippen molar-refractivity contribution in [1.82, 2.24) is 20.0 Å². The van der Waals surface area contributed by atoms with Gasteiger partial charge in [-0.3, -0.25) is 14.8 Å². The highest BCUT2D eigenvalue weighted by molar-refractivity contribution is 5.92. The molecule has 2 aromatic carbocycles. The summed E-state index contributed by atoms with van der Waals surface area (Å²) in [6.45, 7) is 4.71. The first-order valence-electron chi connectivity index (χ1n) is 11.9. The van der Waals surface area contributed by atoms with Gasteiger partial charge in [0.15, 0.2) is 5.82 Å². The van der Waals surface area contributed by atoms with Crippen LogP contribution in [0.15, 0.2) is 54.6 Å². The monoisotopic (exact) mass is 491 g/mol. The van der Waals surface area contributed by atoms with Gasteiger partial charge in [0.05, 0.1) is 31.3 Å². The summed E-state index contributed by atoms with van der Waals surface area (Å²) in [7, 11) is 5.49. The van der Waals surface area contributed by atoms with Crippen LogP contribution in [0.3, 0.4) is 0 Å². The molecule has 9 nitrogen and oxygen atoms in total. The van der Waals surface area contributed by atoms with Gasteiger partial charge in [0.25, 0.3) is 0 Å². The number of fused-ring (bicyclic) bond motifs is 1. The van der Waals surface area contributed by atoms with E-state index in [2.05, 4.69) is 15.5 Å². The molecule has 0 bridgehead atoms. The summed E-state index contributed by atoms with van der Waals surface area (Å²) < 4.78 is 11.2. The maximum absolute atomic E-state index is 13.4. The van der Waals surface area contributed by atoms with Gasteiger partial charge in [0.2, 0.25) is 5.91 Å². The van der Waals surface area contributed by atoms with Gasteiger partial charge in [0.1, 0.15) is 11.9 Å². The largest absolute Gasteiger partial charge is 0.497 e. The molecule has 1 atom stereocenters. The second-order valence-corrected chi connectivity index (χ2v) is 9.69. The Balaban J connectivity index is 1.46. The van der Waals surface area contributed by atoms with Crippen LogP contribution in [-0.2, 0) is 28.0 Å². The van der Waals surface area contributed by atoms with Crippen molar-refractivity contribution in [2.45, 2.75) is 38.5 Å². The van der Waals surface area contributed by atoms with Gasteiger partial charge >= 0.3 is 6.09 Å². The Kier molecular flexibility index (Phi) is 7.30. The third kappa shape index (κ3) is 5.36. The number of likely N-dealkylation sites (N-methyl/N-ethyl adjacent to an activating group) is 1. The van der Waals surface area contributed by atoms with Crippen molar-refractivity contribution >= 4 is 17.8 Å². The zero-order valence-corrected chi connectivity index (χ0v) is 21.4. The van der Waals surface area contributed by atoms with Crippen LogP contribution >= 0.6 is 0 Å². The van der Waals surface area contributed by atoms with E-state index in [0.717, 1.165) is 28.1 Å². The number of aromatic amines is 1. The van der Waals surface area contributed by atoms with Crippen molar-refractivity contribution in [2.75, 3.05) is 33.1 Å². The molecule has 4 rings (SSSR count). The summed E-state index contributed by atoms with van der Waals surface area (Å²) in [5, 5.41) is 10.2. The number of hydrogen-bond donors (Lipinski definition) is 2. The maximum atomic E-state index is 13.4. The Hall–Kier alpha value is -3.85. The van der Waals surface area contributed by atoms with Crippen LogP contribution in [-0.4, -0.2) is 59.7 Å². The molecule has 2 heterocycles. The van der Waals surface area contributed by atoms with E-state index < -0.39 is 17.7 Å². The first kappa shape index (κ1) is 25.2. The van der Waals surface area contributed by atoms with Crippen molar-refractivity contribution in [3.63, 3.8) is 0 Å². The molecule has 1 aromatic heterocycles. The van der Waals surface area contributed by atoms with Gasteiger partial charge in [-0.1, -0.05) is 42.5 Å². The number of methoxy groups -OCH3 is 1. The Bertz CT molecular complexity index is 1200. The van der Waals surface area contributed by atoms with E-state index in [9.17, 15) is 9.59 Å². The predicted molar refractivity (Wildman–Crippen MR) is 137 cm³/mol. The molecule has 0 fully saturated rings. The zero-order valence-electron chi connectivity index (χ0n) is 21.4. The summed E-state index contributed by atoms with van der Waals surface area (Å²) in [6.07, 6.45) is -0.634. The third-order valence-electron chi connectivity index (χ3n) is 6.42. The van der Waals surface area contributed by atoms with Crippen LogP contribution in [0.1, 0.15) is 42.3 Å². The summed E-state index contributed by atoms with van der Waals surface area (Å²) in [4.78, 5) is 29.7. The second kappa shape index (κ2) is 10.4. The number of hydrogen-bond acceptors (Lipinski definition) is 6. The van der Waals surface area contributed by atoms with Crippen molar-refractivity contribution in [3.8, 4) is 5.75 Å². The number of benzene rings is 2. The molecule has 190 valence electrons. The molecule has 36 heavy (non-hydrogen) atoms. The normalized spacial score (nSPS) is 14.9. The van der Waals surface area contributed by atoms with Crippen molar-refractivity contribution in [3.05, 3.63) is 77.0 Å². The lowest BCUT2D eigenvalue weighted by Crippen LogP contribution is -2.42. The van der Waals surface area contributed by atoms with Crippen molar-refractivity contribution < 1.29 is 19.1 Å². The maximum Gasteiger partial charge on any atom is 0.411 e. The van der Waals surface area contributed by atoms with Gasteiger partial charge in [-0.2, -0.15) is 5.10 Å². The molecule has 0 radical (unpaired) electrons. The highest BCUT2D eigenvalue weighted by Gasteiger charge is 2.45. The molecule has 0 unspecified atom stereocenters. The number of aromatic nitrogens is 2. The minimum atomic E-state index is -0.683. The van der Waals surface area contributed by atoms with Gasteiger partial charge < -0.3 is 19.7 Å². The summed E-state index contributed by atoms with van der Waals surface area (Å²) in [5.74, 6) is 0.974. The predicted octanol–water partition coefficient (Wildman–Crippen LogP) is 4.09. The van der Waals surface area contributed by atoms with E-state index in [-0.39, 0.29) is 18.9 Å². The van der Waals surface area contributed by atoms with Crippen molar-refractivity contribution in [1.29, 1.82) is 0 Å². The topological polar surface area (TPSA) is 99.8 Å². The lowest BCUT2D eigenvalue weighted by Gasteiger charge is -2.33.